The minimum absolute atomic E-state index is 0.00983. The molecule has 0 saturated heterocycles. The molecule has 24 heavy (non-hydrogen) atoms. The molecule has 0 N–H and O–H groups in total. The van der Waals surface area contributed by atoms with Gasteiger partial charge in [-0.2, -0.15) is 8.42 Å². The zero-order valence-corrected chi connectivity index (χ0v) is 17.2. The van der Waals surface area contributed by atoms with Crippen LogP contribution in [0.2, 0.25) is 25.7 Å². The van der Waals surface area contributed by atoms with Crippen LogP contribution in [0.15, 0.2) is 29.2 Å². The molecular weight excluding hydrogens is 344 g/mol. The van der Waals surface area contributed by atoms with Crippen LogP contribution < -0.4 is 0 Å². The van der Waals surface area contributed by atoms with Crippen LogP contribution in [0.1, 0.15) is 18.9 Å². The Morgan fingerprint density at radius 2 is 1.75 bits per heavy atom. The highest BCUT2D eigenvalue weighted by atomic mass is 32.2. The van der Waals surface area contributed by atoms with Crippen molar-refractivity contribution in [1.82, 2.24) is 0 Å². The molecule has 5 nitrogen and oxygen atoms in total. The summed E-state index contributed by atoms with van der Waals surface area (Å²) in [7, 11) is -4.86. The molecule has 138 valence electrons. The largest absolute Gasteiger partial charge is 0.356 e. The van der Waals surface area contributed by atoms with Gasteiger partial charge in [-0.1, -0.05) is 44.3 Å². The summed E-state index contributed by atoms with van der Waals surface area (Å²) in [6.07, 6.45) is 0.345. The van der Waals surface area contributed by atoms with E-state index in [4.69, 9.17) is 13.7 Å². The van der Waals surface area contributed by atoms with E-state index in [-0.39, 0.29) is 24.4 Å². The predicted octanol–water partition coefficient (Wildman–Crippen LogP) is 3.81. The molecule has 0 radical (unpaired) electrons. The van der Waals surface area contributed by atoms with Crippen molar-refractivity contribution in [3.8, 4) is 0 Å². The summed E-state index contributed by atoms with van der Waals surface area (Å²) in [5, 5.41) is 0. The van der Waals surface area contributed by atoms with E-state index in [0.717, 1.165) is 11.6 Å². The van der Waals surface area contributed by atoms with Gasteiger partial charge in [0.1, 0.15) is 6.79 Å². The van der Waals surface area contributed by atoms with Crippen LogP contribution >= 0.6 is 0 Å². The average molecular weight is 375 g/mol. The molecule has 7 heteroatoms. The summed E-state index contributed by atoms with van der Waals surface area (Å²) in [5.41, 5.74) is 0.999. The first-order valence-electron chi connectivity index (χ1n) is 8.29. The van der Waals surface area contributed by atoms with Crippen LogP contribution in [0.25, 0.3) is 0 Å². The summed E-state index contributed by atoms with van der Waals surface area (Å²) >= 11 is 0. The first kappa shape index (κ1) is 21.3. The smallest absolute Gasteiger partial charge is 0.297 e. The van der Waals surface area contributed by atoms with Gasteiger partial charge in [-0.15, -0.1) is 0 Å². The summed E-state index contributed by atoms with van der Waals surface area (Å²) in [4.78, 5) is 0.161. The van der Waals surface area contributed by atoms with Crippen LogP contribution in [-0.4, -0.2) is 42.6 Å². The lowest BCUT2D eigenvalue weighted by Gasteiger charge is -2.18. The summed E-state index contributed by atoms with van der Waals surface area (Å²) < 4.78 is 40.4. The molecule has 0 bridgehead atoms. The first-order valence-corrected chi connectivity index (χ1v) is 13.4. The Labute approximate surface area is 147 Å². The van der Waals surface area contributed by atoms with Crippen LogP contribution in [-0.2, 0) is 23.8 Å². The quantitative estimate of drug-likeness (QED) is 0.255. The average Bonchev–Trinajstić information content (AvgIpc) is 2.49. The van der Waals surface area contributed by atoms with Crippen molar-refractivity contribution in [2.45, 2.75) is 57.0 Å². The van der Waals surface area contributed by atoms with Gasteiger partial charge in [-0.3, -0.25) is 4.18 Å². The van der Waals surface area contributed by atoms with Crippen molar-refractivity contribution in [3.05, 3.63) is 29.8 Å². The molecule has 1 rings (SSSR count). The normalized spacial score (nSPS) is 13.9. The maximum atomic E-state index is 12.1. The van der Waals surface area contributed by atoms with Crippen molar-refractivity contribution >= 4 is 18.2 Å². The molecule has 0 saturated carbocycles. The number of ether oxygens (including phenoxy) is 2. The molecule has 0 aliphatic rings. The van der Waals surface area contributed by atoms with Crippen molar-refractivity contribution in [2.24, 2.45) is 0 Å². The van der Waals surface area contributed by atoms with Gasteiger partial charge in [0.2, 0.25) is 0 Å². The maximum Gasteiger partial charge on any atom is 0.297 e. The van der Waals surface area contributed by atoms with E-state index in [2.05, 4.69) is 19.6 Å². The lowest BCUT2D eigenvalue weighted by Crippen LogP contribution is -2.25. The third-order valence-corrected chi connectivity index (χ3v) is 6.56. The molecule has 0 heterocycles. The standard InChI is InChI=1S/C17H30O5SSi/c1-6-16(21-14-20-11-12-24(3,4)5)13-22-23(18,19)17-9-7-15(2)8-10-17/h7-10,16H,6,11-14H2,1-5H3. The second-order valence-electron chi connectivity index (χ2n) is 7.09. The first-order chi connectivity index (χ1) is 11.1. The molecule has 1 atom stereocenters. The predicted molar refractivity (Wildman–Crippen MR) is 98.5 cm³/mol. The van der Waals surface area contributed by atoms with Crippen LogP contribution in [0.3, 0.4) is 0 Å². The second-order valence-corrected chi connectivity index (χ2v) is 14.3. The second kappa shape index (κ2) is 9.67. The highest BCUT2D eigenvalue weighted by Crippen LogP contribution is 2.14. The lowest BCUT2D eigenvalue weighted by molar-refractivity contribution is -0.0969. The zero-order valence-electron chi connectivity index (χ0n) is 15.4. The third kappa shape index (κ3) is 8.39. The fraction of sp³-hybridized carbons (Fsp3) is 0.647. The lowest BCUT2D eigenvalue weighted by atomic mass is 10.2. The summed E-state index contributed by atoms with van der Waals surface area (Å²) in [5.74, 6) is 0. The Morgan fingerprint density at radius 3 is 2.29 bits per heavy atom. The Hall–Kier alpha value is -0.733. The van der Waals surface area contributed by atoms with Gasteiger partial charge in [0.15, 0.2) is 0 Å². The monoisotopic (exact) mass is 374 g/mol. The highest BCUT2D eigenvalue weighted by Gasteiger charge is 2.18. The van der Waals surface area contributed by atoms with Gasteiger partial charge in [0.05, 0.1) is 17.6 Å². The minimum Gasteiger partial charge on any atom is -0.356 e. The van der Waals surface area contributed by atoms with E-state index in [1.54, 1.807) is 24.3 Å². The number of hydrogen-bond acceptors (Lipinski definition) is 5. The van der Waals surface area contributed by atoms with E-state index in [1.165, 1.54) is 0 Å². The van der Waals surface area contributed by atoms with Crippen LogP contribution in [0.5, 0.6) is 0 Å². The summed E-state index contributed by atoms with van der Waals surface area (Å²) in [6, 6.07) is 7.66. The molecule has 0 aromatic heterocycles. The van der Waals surface area contributed by atoms with Crippen molar-refractivity contribution < 1.29 is 22.1 Å². The minimum atomic E-state index is -3.75. The van der Waals surface area contributed by atoms with Crippen LogP contribution in [0, 0.1) is 6.92 Å². The van der Waals surface area contributed by atoms with Gasteiger partial charge < -0.3 is 9.47 Å². The number of hydrogen-bond donors (Lipinski definition) is 0. The van der Waals surface area contributed by atoms with E-state index in [1.807, 2.05) is 13.8 Å². The SMILES string of the molecule is CCC(COS(=O)(=O)c1ccc(C)cc1)OCOCC[Si](C)(C)C. The molecule has 1 aromatic rings. The Bertz CT molecular complexity index is 578. The fourth-order valence-corrected chi connectivity index (χ4v) is 3.50. The molecule has 0 amide bonds. The van der Waals surface area contributed by atoms with Crippen molar-refractivity contribution in [3.63, 3.8) is 0 Å². The Kier molecular flexibility index (Phi) is 8.59. The molecule has 0 aliphatic carbocycles. The number of aryl methyl sites for hydroxylation is 1. The Morgan fingerprint density at radius 1 is 1.12 bits per heavy atom. The van der Waals surface area contributed by atoms with Gasteiger partial charge in [0, 0.05) is 14.7 Å². The third-order valence-electron chi connectivity index (χ3n) is 3.56. The molecule has 1 aromatic carbocycles. The van der Waals surface area contributed by atoms with Crippen LogP contribution in [0.4, 0.5) is 0 Å². The van der Waals surface area contributed by atoms with E-state index in [0.29, 0.717) is 13.0 Å². The highest BCUT2D eigenvalue weighted by molar-refractivity contribution is 7.86. The van der Waals surface area contributed by atoms with E-state index in [9.17, 15) is 8.42 Å². The van der Waals surface area contributed by atoms with E-state index < -0.39 is 18.2 Å². The molecular formula is C17H30O5SSi. The number of benzene rings is 1. The van der Waals surface area contributed by atoms with E-state index >= 15 is 0 Å². The summed E-state index contributed by atoms with van der Waals surface area (Å²) in [6.45, 7) is 11.5. The molecule has 1 unspecified atom stereocenters. The van der Waals surface area contributed by atoms with Gasteiger partial charge in [-0.25, -0.2) is 0 Å². The Balaban J connectivity index is 2.38. The maximum absolute atomic E-state index is 12.1. The van der Waals surface area contributed by atoms with Gasteiger partial charge in [0.25, 0.3) is 10.1 Å². The van der Waals surface area contributed by atoms with Gasteiger partial charge >= 0.3 is 0 Å². The number of rotatable bonds is 11. The topological polar surface area (TPSA) is 61.8 Å². The molecule has 0 aliphatic heterocycles. The fourth-order valence-electron chi connectivity index (χ4n) is 1.80. The molecule has 0 fully saturated rings. The van der Waals surface area contributed by atoms with Crippen molar-refractivity contribution in [1.29, 1.82) is 0 Å². The van der Waals surface area contributed by atoms with Gasteiger partial charge in [-0.05, 0) is 31.5 Å². The molecule has 0 spiro atoms. The zero-order chi connectivity index (χ0) is 18.2. The van der Waals surface area contributed by atoms with Crippen molar-refractivity contribution in [2.75, 3.05) is 20.0 Å².